The van der Waals surface area contributed by atoms with E-state index < -0.39 is 0 Å². The molecule has 5 rings (SSSR count). The molecule has 152 valence electrons. The molecular formula is C21H27N7O. The van der Waals surface area contributed by atoms with Crippen LogP contribution in [0.15, 0.2) is 29.6 Å². The maximum absolute atomic E-state index is 5.29. The van der Waals surface area contributed by atoms with Crippen LogP contribution in [0, 0.1) is 0 Å². The third-order valence-corrected chi connectivity index (χ3v) is 6.30. The molecule has 0 radical (unpaired) electrons. The number of hydrogen-bond acceptors (Lipinski definition) is 8. The van der Waals surface area contributed by atoms with Gasteiger partial charge in [0.15, 0.2) is 11.6 Å². The van der Waals surface area contributed by atoms with Crippen molar-refractivity contribution >= 4 is 17.3 Å². The van der Waals surface area contributed by atoms with Gasteiger partial charge in [0.25, 0.3) is 0 Å². The smallest absolute Gasteiger partial charge is 0.213 e. The minimum atomic E-state index is 0.128. The van der Waals surface area contributed by atoms with E-state index >= 15 is 0 Å². The molecule has 8 nitrogen and oxygen atoms in total. The van der Waals surface area contributed by atoms with Crippen molar-refractivity contribution in [1.29, 1.82) is 0 Å². The summed E-state index contributed by atoms with van der Waals surface area (Å²) in [6, 6.07) is 4.63. The first-order valence-electron chi connectivity index (χ1n) is 10.5. The van der Waals surface area contributed by atoms with Gasteiger partial charge in [-0.2, -0.15) is 5.10 Å². The number of ether oxygens (including phenoxy) is 1. The third-order valence-electron chi connectivity index (χ3n) is 6.30. The summed E-state index contributed by atoms with van der Waals surface area (Å²) in [4.78, 5) is 18.8. The van der Waals surface area contributed by atoms with Crippen LogP contribution in [-0.2, 0) is 0 Å². The molecule has 0 bridgehead atoms. The summed E-state index contributed by atoms with van der Waals surface area (Å²) in [5, 5.41) is 4.53. The summed E-state index contributed by atoms with van der Waals surface area (Å²) in [6.45, 7) is 4.29. The molecule has 1 unspecified atom stereocenters. The largest absolute Gasteiger partial charge is 0.481 e. The number of aromatic nitrogens is 3. The van der Waals surface area contributed by atoms with Crippen LogP contribution in [0.2, 0.25) is 0 Å². The van der Waals surface area contributed by atoms with E-state index in [0.717, 1.165) is 29.3 Å². The highest BCUT2D eigenvalue weighted by Crippen LogP contribution is 2.43. The summed E-state index contributed by atoms with van der Waals surface area (Å²) < 4.78 is 5.29. The maximum Gasteiger partial charge on any atom is 0.213 e. The Kier molecular flexibility index (Phi) is 4.49. The number of methoxy groups -OCH3 is 1. The van der Waals surface area contributed by atoms with Gasteiger partial charge in [0.05, 0.1) is 19.3 Å². The second-order valence-corrected chi connectivity index (χ2v) is 7.91. The van der Waals surface area contributed by atoms with Gasteiger partial charge in [-0.15, -0.1) is 0 Å². The molecular weight excluding hydrogens is 366 g/mol. The van der Waals surface area contributed by atoms with E-state index in [4.69, 9.17) is 14.7 Å². The van der Waals surface area contributed by atoms with Crippen molar-refractivity contribution in [3.05, 3.63) is 24.5 Å². The average Bonchev–Trinajstić information content (AvgIpc) is 3.42. The summed E-state index contributed by atoms with van der Waals surface area (Å²) >= 11 is 0. The maximum atomic E-state index is 5.29. The van der Waals surface area contributed by atoms with Crippen LogP contribution in [0.4, 0.5) is 11.5 Å². The molecule has 2 atom stereocenters. The summed E-state index contributed by atoms with van der Waals surface area (Å²) in [6.07, 6.45) is 9.82. The van der Waals surface area contributed by atoms with Gasteiger partial charge < -0.3 is 9.64 Å². The standard InChI is InChI=1S/C21H27N7O/c1-4-16-21-26-25-13(2)27(21)17-12-23-19(14-9-10-22-18(11-14)29-3)24-20(17)28(16)15-7-5-6-8-15/h9-12,15-16,21,26H,4-8H2,1-3H3/t16-,21?/m1/s1. The van der Waals surface area contributed by atoms with Gasteiger partial charge in [-0.05, 0) is 32.3 Å². The number of anilines is 2. The fraction of sp³-hybridized carbons (Fsp3) is 0.524. The van der Waals surface area contributed by atoms with E-state index in [2.05, 4.69) is 32.2 Å². The molecule has 2 aromatic rings. The highest BCUT2D eigenvalue weighted by Gasteiger charge is 2.46. The van der Waals surface area contributed by atoms with E-state index in [0.29, 0.717) is 23.8 Å². The molecule has 0 spiro atoms. The number of fused-ring (bicyclic) bond motifs is 3. The van der Waals surface area contributed by atoms with E-state index in [-0.39, 0.29) is 6.17 Å². The average molecular weight is 393 g/mol. The number of nitrogens with zero attached hydrogens (tertiary/aromatic N) is 6. The van der Waals surface area contributed by atoms with Crippen LogP contribution in [-0.4, -0.2) is 46.1 Å². The fourth-order valence-corrected chi connectivity index (χ4v) is 4.94. The zero-order chi connectivity index (χ0) is 20.0. The van der Waals surface area contributed by atoms with Gasteiger partial charge in [0.2, 0.25) is 5.88 Å². The van der Waals surface area contributed by atoms with Crippen LogP contribution in [0.5, 0.6) is 5.88 Å². The molecule has 1 N–H and O–H groups in total. The Morgan fingerprint density at radius 1 is 1.24 bits per heavy atom. The molecule has 0 amide bonds. The lowest BCUT2D eigenvalue weighted by Crippen LogP contribution is -2.61. The predicted molar refractivity (Wildman–Crippen MR) is 113 cm³/mol. The Morgan fingerprint density at radius 2 is 2.07 bits per heavy atom. The number of pyridine rings is 1. The highest BCUT2D eigenvalue weighted by molar-refractivity contribution is 6.01. The van der Waals surface area contributed by atoms with Crippen LogP contribution in [0.1, 0.15) is 46.0 Å². The number of hydrazone groups is 1. The summed E-state index contributed by atoms with van der Waals surface area (Å²) in [5.74, 6) is 3.24. The van der Waals surface area contributed by atoms with Crippen molar-refractivity contribution < 1.29 is 4.74 Å². The molecule has 1 saturated carbocycles. The van der Waals surface area contributed by atoms with Crippen molar-refractivity contribution in [1.82, 2.24) is 20.4 Å². The third kappa shape index (κ3) is 2.89. The SMILES string of the molecule is CC[C@@H]1C2NN=C(C)N2c2cnc(-c3ccnc(OC)c3)nc2N1C1CCCC1. The first-order chi connectivity index (χ1) is 14.2. The molecule has 29 heavy (non-hydrogen) atoms. The Labute approximate surface area is 171 Å². The number of rotatable bonds is 4. The highest BCUT2D eigenvalue weighted by atomic mass is 16.5. The normalized spacial score (nSPS) is 23.5. The van der Waals surface area contributed by atoms with Crippen molar-refractivity contribution in [2.45, 2.75) is 64.2 Å². The zero-order valence-electron chi connectivity index (χ0n) is 17.2. The lowest BCUT2D eigenvalue weighted by molar-refractivity contribution is 0.384. The molecule has 2 aliphatic heterocycles. The van der Waals surface area contributed by atoms with Gasteiger partial charge in [0, 0.05) is 23.9 Å². The monoisotopic (exact) mass is 393 g/mol. The van der Waals surface area contributed by atoms with Crippen molar-refractivity contribution in [3.8, 4) is 17.3 Å². The Balaban J connectivity index is 1.65. The first kappa shape index (κ1) is 18.1. The topological polar surface area (TPSA) is 78.8 Å². The van der Waals surface area contributed by atoms with Gasteiger partial charge in [-0.25, -0.2) is 15.0 Å². The van der Waals surface area contributed by atoms with Crippen LogP contribution in [0.25, 0.3) is 11.4 Å². The summed E-state index contributed by atoms with van der Waals surface area (Å²) in [5.41, 5.74) is 5.30. The van der Waals surface area contributed by atoms with Gasteiger partial charge in [0.1, 0.15) is 17.7 Å². The number of nitrogens with one attached hydrogen (secondary N) is 1. The Bertz CT molecular complexity index is 940. The van der Waals surface area contributed by atoms with E-state index in [1.165, 1.54) is 25.7 Å². The molecule has 0 saturated heterocycles. The van der Waals surface area contributed by atoms with E-state index in [9.17, 15) is 0 Å². The molecule has 2 aromatic heterocycles. The van der Waals surface area contributed by atoms with E-state index in [1.807, 2.05) is 25.3 Å². The molecule has 1 aliphatic carbocycles. The molecule has 1 fully saturated rings. The number of amidine groups is 1. The molecule has 3 aliphatic rings. The van der Waals surface area contributed by atoms with Crippen molar-refractivity contribution in [3.63, 3.8) is 0 Å². The molecule has 8 heteroatoms. The van der Waals surface area contributed by atoms with Crippen molar-refractivity contribution in [2.24, 2.45) is 5.10 Å². The van der Waals surface area contributed by atoms with Crippen molar-refractivity contribution in [2.75, 3.05) is 16.9 Å². The van der Waals surface area contributed by atoms with E-state index in [1.54, 1.807) is 13.3 Å². The Morgan fingerprint density at radius 3 is 2.83 bits per heavy atom. The summed E-state index contributed by atoms with van der Waals surface area (Å²) in [7, 11) is 1.62. The van der Waals surface area contributed by atoms with Gasteiger partial charge in [-0.1, -0.05) is 19.8 Å². The lowest BCUT2D eigenvalue weighted by atomic mass is 10.0. The molecule has 4 heterocycles. The quantitative estimate of drug-likeness (QED) is 0.855. The minimum absolute atomic E-state index is 0.128. The van der Waals surface area contributed by atoms with Crippen LogP contribution < -0.4 is 20.0 Å². The van der Waals surface area contributed by atoms with Crippen LogP contribution >= 0.6 is 0 Å². The van der Waals surface area contributed by atoms with Gasteiger partial charge >= 0.3 is 0 Å². The Hall–Kier alpha value is -2.90. The molecule has 0 aromatic carbocycles. The second kappa shape index (κ2) is 7.17. The minimum Gasteiger partial charge on any atom is -0.481 e. The fourth-order valence-electron chi connectivity index (χ4n) is 4.94. The van der Waals surface area contributed by atoms with Gasteiger partial charge in [-0.3, -0.25) is 10.3 Å². The zero-order valence-corrected chi connectivity index (χ0v) is 17.2. The lowest BCUT2D eigenvalue weighted by Gasteiger charge is -2.48. The second-order valence-electron chi connectivity index (χ2n) is 7.91. The number of hydrogen-bond donors (Lipinski definition) is 1. The van der Waals surface area contributed by atoms with Crippen LogP contribution in [0.3, 0.4) is 0 Å². The first-order valence-corrected chi connectivity index (χ1v) is 10.5. The predicted octanol–water partition coefficient (Wildman–Crippen LogP) is 3.16.